The largest absolute Gasteiger partial charge is 0.492 e. The molecule has 1 aromatic carbocycles. The molecule has 0 radical (unpaired) electrons. The highest BCUT2D eigenvalue weighted by molar-refractivity contribution is 7.16. The lowest BCUT2D eigenvalue weighted by Crippen LogP contribution is -2.14. The number of nitrogens with one attached hydrogen (secondary N) is 1. The molecule has 26 heavy (non-hydrogen) atoms. The molecule has 0 aliphatic carbocycles. The summed E-state index contributed by atoms with van der Waals surface area (Å²) in [6.07, 6.45) is -9.81. The lowest BCUT2D eigenvalue weighted by Gasteiger charge is -2.18. The Bertz CT molecular complexity index is 750. The van der Waals surface area contributed by atoms with E-state index in [1.54, 1.807) is 0 Å². The Morgan fingerprint density at radius 1 is 0.962 bits per heavy atom. The van der Waals surface area contributed by atoms with Crippen LogP contribution in [-0.4, -0.2) is 10.1 Å². The topological polar surface area (TPSA) is 45.2 Å². The van der Waals surface area contributed by atoms with E-state index in [0.717, 1.165) is 11.3 Å². The van der Waals surface area contributed by atoms with Crippen molar-refractivity contribution in [1.29, 1.82) is 0 Å². The second kappa shape index (κ2) is 6.98. The van der Waals surface area contributed by atoms with Crippen molar-refractivity contribution < 1.29 is 31.4 Å². The van der Waals surface area contributed by atoms with Gasteiger partial charge in [-0.15, -0.1) is 0 Å². The molecule has 1 atom stereocenters. The summed E-state index contributed by atoms with van der Waals surface area (Å²) in [5.41, 5.74) is -2.94. The van der Waals surface area contributed by atoms with E-state index in [0.29, 0.717) is 17.0 Å². The van der Waals surface area contributed by atoms with Gasteiger partial charge in [0.25, 0.3) is 0 Å². The van der Waals surface area contributed by atoms with Crippen LogP contribution < -0.4 is 5.32 Å². The van der Waals surface area contributed by atoms with Crippen LogP contribution in [0.5, 0.6) is 5.88 Å². The summed E-state index contributed by atoms with van der Waals surface area (Å²) in [6.45, 7) is 5.06. The van der Waals surface area contributed by atoms with Crippen LogP contribution in [0.15, 0.2) is 18.2 Å². The van der Waals surface area contributed by atoms with Crippen molar-refractivity contribution in [1.82, 2.24) is 4.98 Å². The predicted molar refractivity (Wildman–Crippen MR) is 86.4 cm³/mol. The van der Waals surface area contributed by atoms with Crippen LogP contribution in [0.1, 0.15) is 54.3 Å². The van der Waals surface area contributed by atoms with E-state index < -0.39 is 29.5 Å². The zero-order chi connectivity index (χ0) is 19.9. The van der Waals surface area contributed by atoms with Gasteiger partial charge in [-0.3, -0.25) is 0 Å². The summed E-state index contributed by atoms with van der Waals surface area (Å²) in [5.74, 6) is -0.233. The molecule has 1 aromatic heterocycles. The minimum absolute atomic E-state index is 0.0243. The second-order valence-electron chi connectivity index (χ2n) is 6.07. The molecule has 144 valence electrons. The highest BCUT2D eigenvalue weighted by atomic mass is 32.1. The fraction of sp³-hybridized carbons (Fsp3) is 0.438. The Morgan fingerprint density at radius 3 is 1.85 bits per heavy atom. The maximum absolute atomic E-state index is 12.9. The van der Waals surface area contributed by atoms with E-state index in [2.05, 4.69) is 10.3 Å². The Kier molecular flexibility index (Phi) is 5.46. The molecule has 0 bridgehead atoms. The van der Waals surface area contributed by atoms with Gasteiger partial charge in [-0.25, -0.2) is 0 Å². The van der Waals surface area contributed by atoms with E-state index in [4.69, 9.17) is 0 Å². The number of hydrogen-bond acceptors (Lipinski definition) is 4. The molecule has 2 aromatic rings. The Labute approximate surface area is 149 Å². The molecule has 0 fully saturated rings. The molecule has 0 amide bonds. The van der Waals surface area contributed by atoms with Crippen molar-refractivity contribution in [2.45, 2.75) is 45.1 Å². The van der Waals surface area contributed by atoms with Gasteiger partial charge in [-0.1, -0.05) is 25.2 Å². The first-order chi connectivity index (χ1) is 11.8. The second-order valence-corrected chi connectivity index (χ2v) is 7.10. The number of aromatic nitrogens is 1. The van der Waals surface area contributed by atoms with Crippen molar-refractivity contribution in [3.05, 3.63) is 39.8 Å². The van der Waals surface area contributed by atoms with Gasteiger partial charge in [-0.05, 0) is 36.6 Å². The van der Waals surface area contributed by atoms with E-state index in [1.165, 1.54) is 6.92 Å². The number of alkyl halides is 6. The normalized spacial score (nSPS) is 13.9. The van der Waals surface area contributed by atoms with Crippen LogP contribution in [0.2, 0.25) is 0 Å². The third kappa shape index (κ3) is 4.60. The van der Waals surface area contributed by atoms with Crippen molar-refractivity contribution in [3.63, 3.8) is 0 Å². The van der Waals surface area contributed by atoms with Gasteiger partial charge in [0.05, 0.1) is 22.0 Å². The molecule has 1 heterocycles. The quantitative estimate of drug-likeness (QED) is 0.604. The lowest BCUT2D eigenvalue weighted by molar-refractivity contribution is -0.143. The number of benzene rings is 1. The van der Waals surface area contributed by atoms with Crippen molar-refractivity contribution in [2.75, 3.05) is 5.32 Å². The smallest absolute Gasteiger partial charge is 0.416 e. The highest BCUT2D eigenvalue weighted by Crippen LogP contribution is 2.39. The molecular weight excluding hydrogens is 382 g/mol. The molecule has 0 unspecified atom stereocenters. The summed E-state index contributed by atoms with van der Waals surface area (Å²) in [7, 11) is 0. The van der Waals surface area contributed by atoms with Crippen LogP contribution >= 0.6 is 11.3 Å². The zero-order valence-corrected chi connectivity index (χ0v) is 14.8. The summed E-state index contributed by atoms with van der Waals surface area (Å²) < 4.78 is 77.6. The van der Waals surface area contributed by atoms with E-state index in [-0.39, 0.29) is 28.6 Å². The van der Waals surface area contributed by atoms with Gasteiger partial charge < -0.3 is 10.4 Å². The van der Waals surface area contributed by atoms with Crippen LogP contribution in [0.3, 0.4) is 0 Å². The van der Waals surface area contributed by atoms with E-state index in [1.807, 2.05) is 13.8 Å². The van der Waals surface area contributed by atoms with Crippen molar-refractivity contribution in [2.24, 2.45) is 0 Å². The summed E-state index contributed by atoms with van der Waals surface area (Å²) in [5, 5.41) is 12.7. The van der Waals surface area contributed by atoms with Gasteiger partial charge in [0.2, 0.25) is 5.88 Å². The molecule has 2 N–H and O–H groups in total. The number of nitrogens with zero attached hydrogens (tertiary/aromatic N) is 1. The summed E-state index contributed by atoms with van der Waals surface area (Å²) in [4.78, 5) is 4.43. The average molecular weight is 398 g/mol. The van der Waals surface area contributed by atoms with Crippen LogP contribution in [0.4, 0.5) is 31.5 Å². The zero-order valence-electron chi connectivity index (χ0n) is 14.0. The van der Waals surface area contributed by atoms with Gasteiger partial charge in [0, 0.05) is 0 Å². The fourth-order valence-corrected chi connectivity index (χ4v) is 3.21. The standard InChI is InChI=1S/C16H16F6N2OS/c1-7(2)12-13(25)24-14(26-12)23-8(3)9-4-10(15(17,18)19)6-11(5-9)16(20,21)22/h4-8,25H,1-3H3,(H,23,24)/t8-/m0/s1. The first-order valence-corrected chi connectivity index (χ1v) is 8.36. The van der Waals surface area contributed by atoms with Gasteiger partial charge >= 0.3 is 12.4 Å². The molecular formula is C16H16F6N2OS. The average Bonchev–Trinajstić information content (AvgIpc) is 2.85. The fourth-order valence-electron chi connectivity index (χ4n) is 2.26. The Balaban J connectivity index is 2.38. The Hall–Kier alpha value is -1.97. The Morgan fingerprint density at radius 2 is 1.46 bits per heavy atom. The first-order valence-electron chi connectivity index (χ1n) is 7.54. The minimum atomic E-state index is -4.90. The lowest BCUT2D eigenvalue weighted by atomic mass is 10.0. The molecule has 2 rings (SSSR count). The van der Waals surface area contributed by atoms with E-state index in [9.17, 15) is 31.4 Å². The molecule has 3 nitrogen and oxygen atoms in total. The third-order valence-corrected chi connectivity index (χ3v) is 4.89. The van der Waals surface area contributed by atoms with Gasteiger partial charge in [0.15, 0.2) is 5.13 Å². The minimum Gasteiger partial charge on any atom is -0.492 e. The summed E-state index contributed by atoms with van der Waals surface area (Å²) in [6, 6.07) is 0.541. The number of halogens is 6. The van der Waals surface area contributed by atoms with Gasteiger partial charge in [-0.2, -0.15) is 31.3 Å². The number of hydrogen-bond donors (Lipinski definition) is 2. The number of aromatic hydroxyl groups is 1. The van der Waals surface area contributed by atoms with Crippen LogP contribution in [0, 0.1) is 0 Å². The molecule has 0 saturated heterocycles. The number of anilines is 1. The van der Waals surface area contributed by atoms with E-state index >= 15 is 0 Å². The number of rotatable bonds is 4. The van der Waals surface area contributed by atoms with Gasteiger partial charge in [0.1, 0.15) is 0 Å². The number of thiazole rings is 1. The first kappa shape index (κ1) is 20.3. The highest BCUT2D eigenvalue weighted by Gasteiger charge is 2.37. The molecule has 0 saturated carbocycles. The molecule has 0 aliphatic rings. The van der Waals surface area contributed by atoms with Crippen LogP contribution in [0.25, 0.3) is 0 Å². The SMILES string of the molecule is CC(C)c1sc(N[C@@H](C)c2cc(C(F)(F)F)cc(C(F)(F)F)c2)nc1O. The maximum atomic E-state index is 12.9. The third-order valence-electron chi connectivity index (χ3n) is 3.61. The maximum Gasteiger partial charge on any atom is 0.416 e. The monoisotopic (exact) mass is 398 g/mol. The molecule has 0 spiro atoms. The summed E-state index contributed by atoms with van der Waals surface area (Å²) >= 11 is 1.09. The molecule has 10 heteroatoms. The van der Waals surface area contributed by atoms with Crippen molar-refractivity contribution >= 4 is 16.5 Å². The van der Waals surface area contributed by atoms with Crippen molar-refractivity contribution in [3.8, 4) is 5.88 Å². The van der Waals surface area contributed by atoms with Crippen LogP contribution in [-0.2, 0) is 12.4 Å². The molecule has 0 aliphatic heterocycles. The predicted octanol–water partition coefficient (Wildman–Crippen LogP) is 6.18.